The molecule has 1 aromatic heterocycles. The van der Waals surface area contributed by atoms with Gasteiger partial charge in [-0.15, -0.1) is 0 Å². The van der Waals surface area contributed by atoms with Crippen LogP contribution >= 0.6 is 0 Å². The molecule has 0 bridgehead atoms. The zero-order chi connectivity index (χ0) is 16.3. The largest absolute Gasteiger partial charge is 0.478 e. The molecule has 2 aromatic rings. The van der Waals surface area contributed by atoms with Gasteiger partial charge in [-0.1, -0.05) is 6.07 Å². The summed E-state index contributed by atoms with van der Waals surface area (Å²) in [6.07, 6.45) is 0. The quantitative estimate of drug-likeness (QED) is 0.808. The number of carboxylic acids is 1. The standard InChI is InChI=1S/C15H16N4O3/c1-8-9(2)17-13(10(3)16-8)19-15(22)18-12-6-4-5-11(7-12)14(20)21/h4-7H,1-3H3,(H,20,21)(H2,17,18,19,22). The average Bonchev–Trinajstić information content (AvgIpc) is 2.45. The van der Waals surface area contributed by atoms with Crippen molar-refractivity contribution in [3.8, 4) is 0 Å². The Morgan fingerprint density at radius 3 is 2.36 bits per heavy atom. The second kappa shape index (κ2) is 6.21. The molecule has 0 radical (unpaired) electrons. The number of aromatic nitrogens is 2. The summed E-state index contributed by atoms with van der Waals surface area (Å²) in [5.41, 5.74) is 2.62. The van der Waals surface area contributed by atoms with E-state index in [0.29, 0.717) is 17.2 Å². The van der Waals surface area contributed by atoms with Crippen molar-refractivity contribution in [1.82, 2.24) is 9.97 Å². The molecule has 0 spiro atoms. The molecule has 0 saturated carbocycles. The second-order valence-corrected chi connectivity index (χ2v) is 4.79. The summed E-state index contributed by atoms with van der Waals surface area (Å²) in [5, 5.41) is 14.1. The van der Waals surface area contributed by atoms with Crippen molar-refractivity contribution >= 4 is 23.5 Å². The van der Waals surface area contributed by atoms with E-state index in [4.69, 9.17) is 5.11 Å². The lowest BCUT2D eigenvalue weighted by molar-refractivity contribution is 0.0697. The number of hydrogen-bond donors (Lipinski definition) is 3. The highest BCUT2D eigenvalue weighted by molar-refractivity contribution is 6.00. The summed E-state index contributed by atoms with van der Waals surface area (Å²) in [5.74, 6) is -0.685. The molecule has 0 atom stereocenters. The van der Waals surface area contributed by atoms with Crippen LogP contribution in [0.2, 0.25) is 0 Å². The van der Waals surface area contributed by atoms with Gasteiger partial charge in [0.15, 0.2) is 5.82 Å². The number of benzene rings is 1. The van der Waals surface area contributed by atoms with E-state index in [1.54, 1.807) is 26.0 Å². The van der Waals surface area contributed by atoms with Gasteiger partial charge in [0.25, 0.3) is 0 Å². The summed E-state index contributed by atoms with van der Waals surface area (Å²) >= 11 is 0. The van der Waals surface area contributed by atoms with Gasteiger partial charge >= 0.3 is 12.0 Å². The van der Waals surface area contributed by atoms with Crippen molar-refractivity contribution in [3.63, 3.8) is 0 Å². The molecule has 114 valence electrons. The number of urea groups is 1. The first-order chi connectivity index (χ1) is 10.4. The Morgan fingerprint density at radius 1 is 1.00 bits per heavy atom. The molecular weight excluding hydrogens is 284 g/mol. The van der Waals surface area contributed by atoms with E-state index >= 15 is 0 Å². The average molecular weight is 300 g/mol. The molecule has 0 aliphatic heterocycles. The number of nitrogens with one attached hydrogen (secondary N) is 2. The Morgan fingerprint density at radius 2 is 1.68 bits per heavy atom. The van der Waals surface area contributed by atoms with Gasteiger partial charge in [-0.3, -0.25) is 10.3 Å². The van der Waals surface area contributed by atoms with Gasteiger partial charge < -0.3 is 10.4 Å². The van der Waals surface area contributed by atoms with Crippen molar-refractivity contribution in [2.75, 3.05) is 10.6 Å². The third kappa shape index (κ3) is 3.57. The van der Waals surface area contributed by atoms with Crippen molar-refractivity contribution in [3.05, 3.63) is 46.9 Å². The van der Waals surface area contributed by atoms with Crippen molar-refractivity contribution in [2.24, 2.45) is 0 Å². The summed E-state index contributed by atoms with van der Waals surface area (Å²) in [7, 11) is 0. The number of carboxylic acid groups (broad SMARTS) is 1. The first-order valence-corrected chi connectivity index (χ1v) is 6.60. The monoisotopic (exact) mass is 300 g/mol. The number of hydrogen-bond acceptors (Lipinski definition) is 4. The highest BCUT2D eigenvalue weighted by Crippen LogP contribution is 2.14. The van der Waals surface area contributed by atoms with E-state index in [9.17, 15) is 9.59 Å². The van der Waals surface area contributed by atoms with Crippen LogP contribution in [0.25, 0.3) is 0 Å². The van der Waals surface area contributed by atoms with Gasteiger partial charge in [-0.2, -0.15) is 0 Å². The van der Waals surface area contributed by atoms with Gasteiger partial charge in [0, 0.05) is 5.69 Å². The third-order valence-electron chi connectivity index (χ3n) is 3.08. The van der Waals surface area contributed by atoms with Gasteiger partial charge in [0.2, 0.25) is 0 Å². The van der Waals surface area contributed by atoms with Crippen LogP contribution in [0.3, 0.4) is 0 Å². The van der Waals surface area contributed by atoms with Gasteiger partial charge in [0.05, 0.1) is 22.6 Å². The molecule has 0 aliphatic rings. The number of aromatic carboxylic acids is 1. The number of amides is 2. The number of nitrogens with zero attached hydrogens (tertiary/aromatic N) is 2. The van der Waals surface area contributed by atoms with E-state index in [1.807, 2.05) is 6.92 Å². The fourth-order valence-electron chi connectivity index (χ4n) is 1.83. The maximum absolute atomic E-state index is 12.0. The smallest absolute Gasteiger partial charge is 0.335 e. The lowest BCUT2D eigenvalue weighted by Gasteiger charge is -2.10. The summed E-state index contributed by atoms with van der Waals surface area (Å²) in [6, 6.07) is 5.47. The highest BCUT2D eigenvalue weighted by atomic mass is 16.4. The predicted molar refractivity (Wildman–Crippen MR) is 82.3 cm³/mol. The first-order valence-electron chi connectivity index (χ1n) is 6.60. The van der Waals surface area contributed by atoms with E-state index in [1.165, 1.54) is 12.1 Å². The lowest BCUT2D eigenvalue weighted by Crippen LogP contribution is -2.21. The van der Waals surface area contributed by atoms with Crippen molar-refractivity contribution in [1.29, 1.82) is 0 Å². The minimum absolute atomic E-state index is 0.0972. The molecular formula is C15H16N4O3. The summed E-state index contributed by atoms with van der Waals surface area (Å²) < 4.78 is 0. The minimum atomic E-state index is -1.06. The summed E-state index contributed by atoms with van der Waals surface area (Å²) in [4.78, 5) is 31.4. The molecule has 0 saturated heterocycles. The van der Waals surface area contributed by atoms with E-state index < -0.39 is 12.0 Å². The molecule has 3 N–H and O–H groups in total. The van der Waals surface area contributed by atoms with Crippen LogP contribution in [0.1, 0.15) is 27.4 Å². The zero-order valence-corrected chi connectivity index (χ0v) is 12.5. The van der Waals surface area contributed by atoms with E-state index in [2.05, 4.69) is 20.6 Å². The van der Waals surface area contributed by atoms with E-state index in [-0.39, 0.29) is 5.56 Å². The number of rotatable bonds is 3. The summed E-state index contributed by atoms with van der Waals surface area (Å²) in [6.45, 7) is 5.40. The van der Waals surface area contributed by atoms with E-state index in [0.717, 1.165) is 11.4 Å². The van der Waals surface area contributed by atoms with Crippen molar-refractivity contribution in [2.45, 2.75) is 20.8 Å². The minimum Gasteiger partial charge on any atom is -0.478 e. The second-order valence-electron chi connectivity index (χ2n) is 4.79. The fourth-order valence-corrected chi connectivity index (χ4v) is 1.83. The van der Waals surface area contributed by atoms with Crippen LogP contribution in [0, 0.1) is 20.8 Å². The van der Waals surface area contributed by atoms with Crippen LogP contribution < -0.4 is 10.6 Å². The van der Waals surface area contributed by atoms with Crippen LogP contribution in [0.15, 0.2) is 24.3 Å². The number of anilines is 2. The molecule has 0 unspecified atom stereocenters. The van der Waals surface area contributed by atoms with Crippen LogP contribution in [-0.4, -0.2) is 27.1 Å². The Balaban J connectivity index is 2.12. The predicted octanol–water partition coefficient (Wildman–Crippen LogP) is 2.74. The third-order valence-corrected chi connectivity index (χ3v) is 3.08. The molecule has 0 fully saturated rings. The Labute approximate surface area is 127 Å². The lowest BCUT2D eigenvalue weighted by atomic mass is 10.2. The van der Waals surface area contributed by atoms with Crippen molar-refractivity contribution < 1.29 is 14.7 Å². The maximum atomic E-state index is 12.0. The molecule has 2 amide bonds. The highest BCUT2D eigenvalue weighted by Gasteiger charge is 2.10. The molecule has 1 heterocycles. The van der Waals surface area contributed by atoms with Crippen LogP contribution in [0.5, 0.6) is 0 Å². The first kappa shape index (κ1) is 15.4. The Kier molecular flexibility index (Phi) is 4.36. The van der Waals surface area contributed by atoms with Crippen LogP contribution in [-0.2, 0) is 0 Å². The molecule has 22 heavy (non-hydrogen) atoms. The Hall–Kier alpha value is -2.96. The Bertz CT molecular complexity index is 744. The van der Waals surface area contributed by atoms with Crippen LogP contribution in [0.4, 0.5) is 16.3 Å². The molecule has 2 rings (SSSR count). The number of aryl methyl sites for hydroxylation is 3. The topological polar surface area (TPSA) is 104 Å². The molecule has 7 heteroatoms. The molecule has 0 aliphatic carbocycles. The molecule has 7 nitrogen and oxygen atoms in total. The van der Waals surface area contributed by atoms with Gasteiger partial charge in [-0.05, 0) is 39.0 Å². The molecule has 1 aromatic carbocycles. The maximum Gasteiger partial charge on any atom is 0.335 e. The SMILES string of the molecule is Cc1nc(C)c(NC(=O)Nc2cccc(C(=O)O)c2)nc1C. The normalized spacial score (nSPS) is 10.1. The van der Waals surface area contributed by atoms with Gasteiger partial charge in [0.1, 0.15) is 0 Å². The number of carbonyl (C=O) groups is 2. The fraction of sp³-hybridized carbons (Fsp3) is 0.200. The zero-order valence-electron chi connectivity index (χ0n) is 12.5. The van der Waals surface area contributed by atoms with Gasteiger partial charge in [-0.25, -0.2) is 14.6 Å². The number of carbonyl (C=O) groups excluding carboxylic acids is 1.